The molecule has 0 unspecified atom stereocenters. The quantitative estimate of drug-likeness (QED) is 0.463. The van der Waals surface area contributed by atoms with E-state index in [1.54, 1.807) is 12.1 Å². The predicted octanol–water partition coefficient (Wildman–Crippen LogP) is 4.00. The molecular weight excluding hydrogens is 361 g/mol. The summed E-state index contributed by atoms with van der Waals surface area (Å²) in [5.74, 6) is 1.21. The van der Waals surface area contributed by atoms with Gasteiger partial charge in [0, 0.05) is 15.7 Å². The summed E-state index contributed by atoms with van der Waals surface area (Å²) in [7, 11) is 1.50. The monoisotopic (exact) mass is 371 g/mol. The molecule has 2 rings (SSSR count). The lowest BCUT2D eigenvalue weighted by Crippen LogP contribution is -1.94. The lowest BCUT2D eigenvalue weighted by molar-refractivity contribution is -0.385. The van der Waals surface area contributed by atoms with Crippen molar-refractivity contribution < 1.29 is 14.4 Å². The van der Waals surface area contributed by atoms with E-state index in [2.05, 4.69) is 22.6 Å². The van der Waals surface area contributed by atoms with Crippen molar-refractivity contribution in [2.24, 2.45) is 0 Å². The van der Waals surface area contributed by atoms with E-state index < -0.39 is 4.92 Å². The zero-order valence-corrected chi connectivity index (χ0v) is 12.2. The molecule has 0 N–H and O–H groups in total. The summed E-state index contributed by atoms with van der Waals surface area (Å²) in [5.41, 5.74) is -0.0975. The van der Waals surface area contributed by atoms with Gasteiger partial charge in [-0.15, -0.1) is 0 Å². The molecule has 0 saturated heterocycles. The average molecular weight is 371 g/mol. The maximum Gasteiger partial charge on any atom is 0.311 e. The van der Waals surface area contributed by atoms with Crippen molar-refractivity contribution in [2.45, 2.75) is 0 Å². The van der Waals surface area contributed by atoms with Crippen LogP contribution in [-0.4, -0.2) is 12.0 Å². The molecule has 19 heavy (non-hydrogen) atoms. The van der Waals surface area contributed by atoms with Gasteiger partial charge in [0.1, 0.15) is 11.5 Å². The van der Waals surface area contributed by atoms with Crippen LogP contribution in [0.5, 0.6) is 17.2 Å². The highest BCUT2D eigenvalue weighted by Crippen LogP contribution is 2.34. The number of hydrogen-bond donors (Lipinski definition) is 0. The molecular formula is C13H10INO4. The topological polar surface area (TPSA) is 61.6 Å². The van der Waals surface area contributed by atoms with Crippen molar-refractivity contribution >= 4 is 28.3 Å². The van der Waals surface area contributed by atoms with Crippen LogP contribution in [0.3, 0.4) is 0 Å². The maximum atomic E-state index is 11.0. The Morgan fingerprint density at radius 1 is 1.16 bits per heavy atom. The molecule has 0 fully saturated rings. The normalized spacial score (nSPS) is 10.0. The first-order valence-electron chi connectivity index (χ1n) is 5.36. The Labute approximate surface area is 123 Å². The lowest BCUT2D eigenvalue weighted by Gasteiger charge is -2.08. The number of nitro groups is 1. The van der Waals surface area contributed by atoms with Gasteiger partial charge in [0.2, 0.25) is 5.75 Å². The molecule has 2 aromatic rings. The lowest BCUT2D eigenvalue weighted by atomic mass is 10.2. The molecule has 0 spiro atoms. The summed E-state index contributed by atoms with van der Waals surface area (Å²) in [5, 5.41) is 11.0. The van der Waals surface area contributed by atoms with Gasteiger partial charge in [-0.25, -0.2) is 0 Å². The Morgan fingerprint density at radius 2 is 1.95 bits per heavy atom. The van der Waals surface area contributed by atoms with E-state index in [1.807, 2.05) is 12.1 Å². The van der Waals surface area contributed by atoms with Gasteiger partial charge in [-0.3, -0.25) is 10.1 Å². The maximum absolute atomic E-state index is 11.0. The van der Waals surface area contributed by atoms with Crippen LogP contribution in [0, 0.1) is 13.7 Å². The smallest absolute Gasteiger partial charge is 0.311 e. The van der Waals surface area contributed by atoms with Crippen LogP contribution in [0.1, 0.15) is 0 Å². The minimum atomic E-state index is -0.483. The van der Waals surface area contributed by atoms with Crippen molar-refractivity contribution in [3.63, 3.8) is 0 Å². The van der Waals surface area contributed by atoms with Gasteiger partial charge in [0.05, 0.1) is 12.0 Å². The number of methoxy groups -OCH3 is 1. The standard InChI is InChI=1S/C13H10INO4/c1-18-10-5-6-12(15(16)17)13(8-10)19-11-4-2-3-9(14)7-11/h2-8H,1H3. The first kappa shape index (κ1) is 13.6. The molecule has 0 aliphatic rings. The van der Waals surface area contributed by atoms with Gasteiger partial charge in [0.25, 0.3) is 0 Å². The third kappa shape index (κ3) is 3.34. The van der Waals surface area contributed by atoms with E-state index in [4.69, 9.17) is 9.47 Å². The summed E-state index contributed by atoms with van der Waals surface area (Å²) in [6, 6.07) is 11.7. The molecule has 0 amide bonds. The molecule has 0 heterocycles. The number of nitro benzene ring substituents is 1. The van der Waals surface area contributed by atoms with E-state index in [0.717, 1.165) is 3.57 Å². The Balaban J connectivity index is 2.39. The van der Waals surface area contributed by atoms with E-state index in [-0.39, 0.29) is 11.4 Å². The number of rotatable bonds is 4. The Bertz CT molecular complexity index is 615. The van der Waals surface area contributed by atoms with Crippen LogP contribution in [0.2, 0.25) is 0 Å². The van der Waals surface area contributed by atoms with Gasteiger partial charge in [0.15, 0.2) is 0 Å². The molecule has 0 aliphatic carbocycles. The molecule has 0 aliphatic heterocycles. The molecule has 0 atom stereocenters. The van der Waals surface area contributed by atoms with E-state index >= 15 is 0 Å². The van der Waals surface area contributed by atoms with Crippen LogP contribution in [0.25, 0.3) is 0 Å². The Morgan fingerprint density at radius 3 is 2.58 bits per heavy atom. The largest absolute Gasteiger partial charge is 0.497 e. The van der Waals surface area contributed by atoms with Crippen LogP contribution in [-0.2, 0) is 0 Å². The van der Waals surface area contributed by atoms with Crippen molar-refractivity contribution in [1.82, 2.24) is 0 Å². The number of nitrogens with zero attached hydrogens (tertiary/aromatic N) is 1. The van der Waals surface area contributed by atoms with E-state index in [1.165, 1.54) is 25.3 Å². The second-order valence-corrected chi connectivity index (χ2v) is 4.90. The molecule has 98 valence electrons. The first-order valence-corrected chi connectivity index (χ1v) is 6.44. The Hall–Kier alpha value is -1.83. The number of hydrogen-bond acceptors (Lipinski definition) is 4. The van der Waals surface area contributed by atoms with Gasteiger partial charge in [-0.1, -0.05) is 6.07 Å². The van der Waals surface area contributed by atoms with Crippen molar-refractivity contribution in [3.05, 3.63) is 56.1 Å². The van der Waals surface area contributed by atoms with E-state index in [9.17, 15) is 10.1 Å². The zero-order valence-electron chi connectivity index (χ0n) is 10.00. The SMILES string of the molecule is COc1ccc([N+](=O)[O-])c(Oc2cccc(I)c2)c1. The predicted molar refractivity (Wildman–Crippen MR) is 78.9 cm³/mol. The van der Waals surface area contributed by atoms with Gasteiger partial charge in [-0.2, -0.15) is 0 Å². The molecule has 0 bridgehead atoms. The molecule has 0 saturated carbocycles. The minimum Gasteiger partial charge on any atom is -0.497 e. The van der Waals surface area contributed by atoms with Crippen molar-refractivity contribution in [2.75, 3.05) is 7.11 Å². The molecule has 5 nitrogen and oxygen atoms in total. The highest BCUT2D eigenvalue weighted by Gasteiger charge is 2.16. The summed E-state index contributed by atoms with van der Waals surface area (Å²) >= 11 is 2.15. The first-order chi connectivity index (χ1) is 9.10. The summed E-state index contributed by atoms with van der Waals surface area (Å²) in [4.78, 5) is 10.5. The highest BCUT2D eigenvalue weighted by molar-refractivity contribution is 14.1. The van der Waals surface area contributed by atoms with Crippen LogP contribution in [0.4, 0.5) is 5.69 Å². The van der Waals surface area contributed by atoms with E-state index in [0.29, 0.717) is 11.5 Å². The second-order valence-electron chi connectivity index (χ2n) is 3.65. The fourth-order valence-electron chi connectivity index (χ4n) is 1.51. The zero-order chi connectivity index (χ0) is 13.8. The summed E-state index contributed by atoms with van der Waals surface area (Å²) in [6.45, 7) is 0. The summed E-state index contributed by atoms with van der Waals surface area (Å²) in [6.07, 6.45) is 0. The van der Waals surface area contributed by atoms with Gasteiger partial charge in [-0.05, 0) is 46.9 Å². The fraction of sp³-hybridized carbons (Fsp3) is 0.0769. The Kier molecular flexibility index (Phi) is 4.20. The fourth-order valence-corrected chi connectivity index (χ4v) is 2.03. The van der Waals surface area contributed by atoms with Crippen LogP contribution in [0.15, 0.2) is 42.5 Å². The minimum absolute atomic E-state index is 0.0975. The van der Waals surface area contributed by atoms with Gasteiger partial charge >= 0.3 is 5.69 Å². The van der Waals surface area contributed by atoms with Crippen molar-refractivity contribution in [1.29, 1.82) is 0 Å². The number of benzene rings is 2. The second kappa shape index (κ2) is 5.87. The highest BCUT2D eigenvalue weighted by atomic mass is 127. The molecule has 0 radical (unpaired) electrons. The third-order valence-corrected chi connectivity index (χ3v) is 3.06. The molecule has 2 aromatic carbocycles. The van der Waals surface area contributed by atoms with Gasteiger partial charge < -0.3 is 9.47 Å². The number of halogens is 1. The molecule has 0 aromatic heterocycles. The summed E-state index contributed by atoms with van der Waals surface area (Å²) < 4.78 is 11.6. The van der Waals surface area contributed by atoms with Crippen LogP contribution >= 0.6 is 22.6 Å². The average Bonchev–Trinajstić information content (AvgIpc) is 2.38. The number of ether oxygens (including phenoxy) is 2. The van der Waals surface area contributed by atoms with Crippen LogP contribution < -0.4 is 9.47 Å². The van der Waals surface area contributed by atoms with Crippen molar-refractivity contribution in [3.8, 4) is 17.2 Å². The molecule has 6 heteroatoms. The third-order valence-electron chi connectivity index (χ3n) is 2.39.